The SMILES string of the molecule is O=C(Nc1cc2c(cc1Br)OCCO2)C1CCC1. The lowest BCUT2D eigenvalue weighted by atomic mass is 9.85. The minimum atomic E-state index is 0.0960. The average Bonchev–Trinajstić information content (AvgIpc) is 2.27. The molecule has 3 rings (SSSR count). The van der Waals surface area contributed by atoms with Crippen LogP contribution >= 0.6 is 15.9 Å². The summed E-state index contributed by atoms with van der Waals surface area (Å²) in [6.07, 6.45) is 3.14. The summed E-state index contributed by atoms with van der Waals surface area (Å²) in [5, 5.41) is 2.94. The van der Waals surface area contributed by atoms with Crippen LogP contribution in [-0.4, -0.2) is 19.1 Å². The number of nitrogens with one attached hydrogen (secondary N) is 1. The van der Waals surface area contributed by atoms with Crippen molar-refractivity contribution in [2.24, 2.45) is 5.92 Å². The number of ether oxygens (including phenoxy) is 2. The molecule has 1 fully saturated rings. The topological polar surface area (TPSA) is 47.6 Å². The lowest BCUT2D eigenvalue weighted by Crippen LogP contribution is -2.28. The molecular formula is C13H14BrNO3. The number of anilines is 1. The average molecular weight is 312 g/mol. The first-order valence-corrected chi connectivity index (χ1v) is 6.93. The molecule has 1 heterocycles. The minimum absolute atomic E-state index is 0.0960. The second-order valence-corrected chi connectivity index (χ2v) is 5.45. The van der Waals surface area contributed by atoms with Gasteiger partial charge in [-0.3, -0.25) is 4.79 Å². The lowest BCUT2D eigenvalue weighted by molar-refractivity contribution is -0.122. The second kappa shape index (κ2) is 4.80. The molecule has 0 aromatic heterocycles. The van der Waals surface area contributed by atoms with Crippen LogP contribution in [0.3, 0.4) is 0 Å². The zero-order valence-corrected chi connectivity index (χ0v) is 11.5. The van der Waals surface area contributed by atoms with E-state index in [4.69, 9.17) is 9.47 Å². The molecule has 5 heteroatoms. The number of halogens is 1. The molecule has 1 aromatic rings. The fourth-order valence-corrected chi connectivity index (χ4v) is 2.49. The number of rotatable bonds is 2. The van der Waals surface area contributed by atoms with Crippen LogP contribution in [0.1, 0.15) is 19.3 Å². The van der Waals surface area contributed by atoms with E-state index < -0.39 is 0 Å². The van der Waals surface area contributed by atoms with E-state index in [-0.39, 0.29) is 11.8 Å². The summed E-state index contributed by atoms with van der Waals surface area (Å²) >= 11 is 3.44. The van der Waals surface area contributed by atoms with Crippen molar-refractivity contribution in [3.63, 3.8) is 0 Å². The maximum absolute atomic E-state index is 11.9. The van der Waals surface area contributed by atoms with Gasteiger partial charge in [0, 0.05) is 22.5 Å². The number of carbonyl (C=O) groups is 1. The van der Waals surface area contributed by atoms with Gasteiger partial charge in [-0.15, -0.1) is 0 Å². The minimum Gasteiger partial charge on any atom is -0.486 e. The molecule has 0 unspecified atom stereocenters. The highest BCUT2D eigenvalue weighted by Crippen LogP contribution is 2.38. The Labute approximate surface area is 114 Å². The summed E-state index contributed by atoms with van der Waals surface area (Å²) in [5.41, 5.74) is 0.746. The number of amides is 1. The summed E-state index contributed by atoms with van der Waals surface area (Å²) in [4.78, 5) is 11.9. The third-order valence-electron chi connectivity index (χ3n) is 3.37. The fraction of sp³-hybridized carbons (Fsp3) is 0.462. The van der Waals surface area contributed by atoms with Crippen LogP contribution in [0.15, 0.2) is 16.6 Å². The lowest BCUT2D eigenvalue weighted by Gasteiger charge is -2.25. The number of hydrogen-bond donors (Lipinski definition) is 1. The van der Waals surface area contributed by atoms with Crippen molar-refractivity contribution in [2.75, 3.05) is 18.5 Å². The van der Waals surface area contributed by atoms with Gasteiger partial charge in [0.25, 0.3) is 0 Å². The van der Waals surface area contributed by atoms with Crippen molar-refractivity contribution in [1.29, 1.82) is 0 Å². The molecule has 4 nitrogen and oxygen atoms in total. The van der Waals surface area contributed by atoms with Gasteiger partial charge in [-0.25, -0.2) is 0 Å². The van der Waals surface area contributed by atoms with E-state index in [2.05, 4.69) is 21.2 Å². The van der Waals surface area contributed by atoms with Crippen LogP contribution < -0.4 is 14.8 Å². The number of carbonyl (C=O) groups excluding carboxylic acids is 1. The van der Waals surface area contributed by atoms with Gasteiger partial charge < -0.3 is 14.8 Å². The van der Waals surface area contributed by atoms with E-state index >= 15 is 0 Å². The van der Waals surface area contributed by atoms with E-state index in [1.165, 1.54) is 0 Å². The predicted molar refractivity (Wildman–Crippen MR) is 71.1 cm³/mol. The van der Waals surface area contributed by atoms with Crippen molar-refractivity contribution >= 4 is 27.5 Å². The van der Waals surface area contributed by atoms with Gasteiger partial charge in [0.1, 0.15) is 13.2 Å². The summed E-state index contributed by atoms with van der Waals surface area (Å²) in [7, 11) is 0. The second-order valence-electron chi connectivity index (χ2n) is 4.59. The molecule has 1 amide bonds. The highest BCUT2D eigenvalue weighted by molar-refractivity contribution is 9.10. The van der Waals surface area contributed by atoms with Crippen molar-refractivity contribution < 1.29 is 14.3 Å². The molecule has 0 radical (unpaired) electrons. The molecule has 2 aliphatic rings. The zero-order chi connectivity index (χ0) is 12.5. The molecule has 18 heavy (non-hydrogen) atoms. The maximum atomic E-state index is 11.9. The molecule has 1 saturated carbocycles. The molecule has 1 aromatic carbocycles. The van der Waals surface area contributed by atoms with Crippen molar-refractivity contribution in [3.05, 3.63) is 16.6 Å². The van der Waals surface area contributed by atoms with Crippen LogP contribution in [-0.2, 0) is 4.79 Å². The molecule has 96 valence electrons. The standard InChI is InChI=1S/C13H14BrNO3/c14-9-6-11-12(18-5-4-17-11)7-10(9)15-13(16)8-2-1-3-8/h6-8H,1-5H2,(H,15,16). The number of fused-ring (bicyclic) bond motifs is 1. The summed E-state index contributed by atoms with van der Waals surface area (Å²) < 4.78 is 11.8. The Bertz CT molecular complexity index is 485. The van der Waals surface area contributed by atoms with E-state index in [9.17, 15) is 4.79 Å². The quantitative estimate of drug-likeness (QED) is 0.913. The normalized spacial score (nSPS) is 18.1. The fourth-order valence-electron chi connectivity index (χ4n) is 2.07. The largest absolute Gasteiger partial charge is 0.486 e. The van der Waals surface area contributed by atoms with Gasteiger partial charge in [-0.2, -0.15) is 0 Å². The Balaban J connectivity index is 1.80. The molecule has 1 N–H and O–H groups in total. The van der Waals surface area contributed by atoms with Gasteiger partial charge in [0.2, 0.25) is 5.91 Å². The maximum Gasteiger partial charge on any atom is 0.227 e. The number of benzene rings is 1. The van der Waals surface area contributed by atoms with Gasteiger partial charge in [0.15, 0.2) is 11.5 Å². The van der Waals surface area contributed by atoms with Crippen LogP contribution in [0.2, 0.25) is 0 Å². The van der Waals surface area contributed by atoms with Crippen molar-refractivity contribution in [3.8, 4) is 11.5 Å². The highest BCUT2D eigenvalue weighted by Gasteiger charge is 2.26. The monoisotopic (exact) mass is 311 g/mol. The first-order valence-electron chi connectivity index (χ1n) is 6.14. The highest BCUT2D eigenvalue weighted by atomic mass is 79.9. The van der Waals surface area contributed by atoms with Crippen LogP contribution in [0, 0.1) is 5.92 Å². The smallest absolute Gasteiger partial charge is 0.227 e. The molecule has 0 atom stereocenters. The van der Waals surface area contributed by atoms with Gasteiger partial charge in [0.05, 0.1) is 5.69 Å². The van der Waals surface area contributed by atoms with Crippen LogP contribution in [0.25, 0.3) is 0 Å². The Morgan fingerprint density at radius 3 is 2.50 bits per heavy atom. The Kier molecular flexibility index (Phi) is 3.16. The summed E-state index contributed by atoms with van der Waals surface area (Å²) in [6.45, 7) is 1.11. The summed E-state index contributed by atoms with van der Waals surface area (Å²) in [6, 6.07) is 3.65. The Morgan fingerprint density at radius 2 is 1.89 bits per heavy atom. The number of hydrogen-bond acceptors (Lipinski definition) is 3. The van der Waals surface area contributed by atoms with E-state index in [1.54, 1.807) is 0 Å². The molecular weight excluding hydrogens is 298 g/mol. The van der Waals surface area contributed by atoms with E-state index in [0.29, 0.717) is 19.0 Å². The Hall–Kier alpha value is -1.23. The van der Waals surface area contributed by atoms with Gasteiger partial charge in [-0.05, 0) is 28.8 Å². The third kappa shape index (κ3) is 2.19. The predicted octanol–water partition coefficient (Wildman–Crippen LogP) is 2.96. The van der Waals surface area contributed by atoms with Crippen LogP contribution in [0.4, 0.5) is 5.69 Å². The third-order valence-corrected chi connectivity index (χ3v) is 4.02. The molecule has 0 saturated heterocycles. The molecule has 0 spiro atoms. The zero-order valence-electron chi connectivity index (χ0n) is 9.87. The van der Waals surface area contributed by atoms with Crippen LogP contribution in [0.5, 0.6) is 11.5 Å². The Morgan fingerprint density at radius 1 is 1.22 bits per heavy atom. The molecule has 1 aliphatic carbocycles. The first-order chi connectivity index (χ1) is 8.74. The molecule has 1 aliphatic heterocycles. The first kappa shape index (κ1) is 11.8. The van der Waals surface area contributed by atoms with E-state index in [0.717, 1.165) is 35.2 Å². The van der Waals surface area contributed by atoms with Gasteiger partial charge in [-0.1, -0.05) is 6.42 Å². The van der Waals surface area contributed by atoms with Gasteiger partial charge >= 0.3 is 0 Å². The van der Waals surface area contributed by atoms with Crippen molar-refractivity contribution in [2.45, 2.75) is 19.3 Å². The summed E-state index contributed by atoms with van der Waals surface area (Å²) in [5.74, 6) is 1.67. The van der Waals surface area contributed by atoms with E-state index in [1.807, 2.05) is 12.1 Å². The molecule has 0 bridgehead atoms. The van der Waals surface area contributed by atoms with Crippen molar-refractivity contribution in [1.82, 2.24) is 0 Å².